The fourth-order valence-corrected chi connectivity index (χ4v) is 2.31. The van der Waals surface area contributed by atoms with Crippen molar-refractivity contribution in [3.05, 3.63) is 37.9 Å². The van der Waals surface area contributed by atoms with E-state index >= 15 is 0 Å². The van der Waals surface area contributed by atoms with E-state index in [1.54, 1.807) is 0 Å². The lowest BCUT2D eigenvalue weighted by Gasteiger charge is -2.18. The van der Waals surface area contributed by atoms with Crippen LogP contribution in [0.3, 0.4) is 0 Å². The molecule has 7 nitrogen and oxygen atoms in total. The highest BCUT2D eigenvalue weighted by Crippen LogP contribution is 2.43. The molecule has 1 aliphatic rings. The van der Waals surface area contributed by atoms with Gasteiger partial charge in [-0.05, 0) is 12.8 Å². The van der Waals surface area contributed by atoms with Crippen molar-refractivity contribution in [1.82, 2.24) is 0 Å². The second kappa shape index (κ2) is 5.19. The number of alkyl halides is 3. The van der Waals surface area contributed by atoms with Gasteiger partial charge in [0.2, 0.25) is 0 Å². The molecule has 0 radical (unpaired) electrons. The lowest BCUT2D eigenvalue weighted by Crippen LogP contribution is -2.21. The van der Waals surface area contributed by atoms with Crippen LogP contribution in [-0.4, -0.2) is 22.9 Å². The van der Waals surface area contributed by atoms with Gasteiger partial charge in [-0.1, -0.05) is 0 Å². The number of nitrogens with zero attached hydrogens (tertiary/aromatic N) is 3. The molecule has 1 saturated heterocycles. The van der Waals surface area contributed by atoms with Crippen LogP contribution in [0.5, 0.6) is 0 Å². The van der Waals surface area contributed by atoms with E-state index in [4.69, 9.17) is 0 Å². The molecular weight excluding hydrogens is 295 g/mol. The Balaban J connectivity index is 2.71. The van der Waals surface area contributed by atoms with Crippen LogP contribution in [0.15, 0.2) is 12.1 Å². The summed E-state index contributed by atoms with van der Waals surface area (Å²) in [4.78, 5) is 21.4. The molecule has 114 valence electrons. The second-order valence-corrected chi connectivity index (χ2v) is 4.57. The monoisotopic (exact) mass is 305 g/mol. The summed E-state index contributed by atoms with van der Waals surface area (Å²) in [6.07, 6.45) is -3.54. The Bertz CT molecular complexity index is 562. The van der Waals surface area contributed by atoms with Crippen molar-refractivity contribution in [2.24, 2.45) is 0 Å². The lowest BCUT2D eigenvalue weighted by atomic mass is 10.1. The molecule has 0 aliphatic carbocycles. The first-order chi connectivity index (χ1) is 9.71. The average Bonchev–Trinajstić information content (AvgIpc) is 2.89. The van der Waals surface area contributed by atoms with Crippen molar-refractivity contribution in [3.63, 3.8) is 0 Å². The third-order valence-electron chi connectivity index (χ3n) is 3.21. The van der Waals surface area contributed by atoms with Crippen LogP contribution in [-0.2, 0) is 6.18 Å². The van der Waals surface area contributed by atoms with Crippen molar-refractivity contribution in [3.8, 4) is 0 Å². The van der Waals surface area contributed by atoms with Crippen LogP contribution < -0.4 is 4.90 Å². The Kier molecular flexibility index (Phi) is 3.71. The molecule has 1 aromatic carbocycles. The summed E-state index contributed by atoms with van der Waals surface area (Å²) >= 11 is 0. The number of nitro benzene ring substituents is 2. The van der Waals surface area contributed by atoms with Gasteiger partial charge in [-0.15, -0.1) is 0 Å². The molecule has 2 rings (SSSR count). The lowest BCUT2D eigenvalue weighted by molar-refractivity contribution is -0.393. The predicted octanol–water partition coefficient (Wildman–Crippen LogP) is 3.12. The van der Waals surface area contributed by atoms with Gasteiger partial charge in [-0.25, -0.2) is 0 Å². The van der Waals surface area contributed by atoms with Crippen LogP contribution in [0.25, 0.3) is 0 Å². The summed E-state index contributed by atoms with van der Waals surface area (Å²) in [5.41, 5.74) is -3.53. The molecule has 0 amide bonds. The van der Waals surface area contributed by atoms with E-state index < -0.39 is 33.0 Å². The third kappa shape index (κ3) is 2.88. The molecule has 0 bridgehead atoms. The first kappa shape index (κ1) is 15.0. The maximum absolute atomic E-state index is 12.7. The Morgan fingerprint density at radius 3 is 1.76 bits per heavy atom. The maximum Gasteiger partial charge on any atom is 0.416 e. The van der Waals surface area contributed by atoms with E-state index in [0.717, 1.165) is 0 Å². The molecule has 1 aromatic rings. The average molecular weight is 305 g/mol. The quantitative estimate of drug-likeness (QED) is 0.632. The second-order valence-electron chi connectivity index (χ2n) is 4.57. The van der Waals surface area contributed by atoms with Gasteiger partial charge >= 0.3 is 6.18 Å². The van der Waals surface area contributed by atoms with E-state index in [-0.39, 0.29) is 5.69 Å². The van der Waals surface area contributed by atoms with E-state index in [1.807, 2.05) is 0 Å². The zero-order valence-electron chi connectivity index (χ0n) is 10.6. The zero-order chi connectivity index (χ0) is 15.8. The van der Waals surface area contributed by atoms with Crippen LogP contribution in [0, 0.1) is 20.2 Å². The smallest absolute Gasteiger partial charge is 0.360 e. The molecule has 10 heteroatoms. The molecule has 0 aromatic heterocycles. The van der Waals surface area contributed by atoms with Crippen LogP contribution in [0.4, 0.5) is 30.2 Å². The van der Waals surface area contributed by atoms with Crippen molar-refractivity contribution in [1.29, 1.82) is 0 Å². The molecule has 0 atom stereocenters. The van der Waals surface area contributed by atoms with Gasteiger partial charge in [0.25, 0.3) is 11.4 Å². The Hall–Kier alpha value is -2.39. The van der Waals surface area contributed by atoms with Gasteiger partial charge < -0.3 is 4.90 Å². The highest BCUT2D eigenvalue weighted by Gasteiger charge is 2.39. The number of rotatable bonds is 3. The standard InChI is InChI=1S/C11H10F3N3O4/c12-11(13,14)7-5-8(16(18)19)10(9(6-7)17(20)21)15-3-1-2-4-15/h5-6H,1-4H2. The van der Waals surface area contributed by atoms with Gasteiger partial charge in [0, 0.05) is 25.2 Å². The number of hydrogen-bond acceptors (Lipinski definition) is 5. The highest BCUT2D eigenvalue weighted by atomic mass is 19.4. The van der Waals surface area contributed by atoms with Crippen LogP contribution in [0.2, 0.25) is 0 Å². The molecule has 0 unspecified atom stereocenters. The molecule has 0 N–H and O–H groups in total. The molecule has 1 fully saturated rings. The van der Waals surface area contributed by atoms with Crippen LogP contribution in [0.1, 0.15) is 18.4 Å². The highest BCUT2D eigenvalue weighted by molar-refractivity contribution is 5.76. The molecule has 1 heterocycles. The van der Waals surface area contributed by atoms with Crippen LogP contribution >= 0.6 is 0 Å². The fourth-order valence-electron chi connectivity index (χ4n) is 2.31. The Morgan fingerprint density at radius 2 is 1.43 bits per heavy atom. The van der Waals surface area contributed by atoms with Crippen molar-refractivity contribution in [2.45, 2.75) is 19.0 Å². The SMILES string of the molecule is O=[N+]([O-])c1cc(C(F)(F)F)cc([N+](=O)[O-])c1N1CCCC1. The maximum atomic E-state index is 12.7. The van der Waals surface area contributed by atoms with Gasteiger partial charge in [0.05, 0.1) is 15.4 Å². The molecule has 1 aliphatic heterocycles. The van der Waals surface area contributed by atoms with Gasteiger partial charge in [-0.2, -0.15) is 13.2 Å². The van der Waals surface area contributed by atoms with Gasteiger partial charge in [-0.3, -0.25) is 20.2 Å². The van der Waals surface area contributed by atoms with Crippen molar-refractivity contribution >= 4 is 17.1 Å². The van der Waals surface area contributed by atoms with Crippen molar-refractivity contribution < 1.29 is 23.0 Å². The predicted molar refractivity (Wildman–Crippen MR) is 66.2 cm³/mol. The summed E-state index contributed by atoms with van der Waals surface area (Å²) in [6.45, 7) is 0.681. The molecular formula is C11H10F3N3O4. The summed E-state index contributed by atoms with van der Waals surface area (Å²) in [5, 5.41) is 22.0. The van der Waals surface area contributed by atoms with E-state index in [1.165, 1.54) is 4.90 Å². The minimum absolute atomic E-state index is 0.340. The summed E-state index contributed by atoms with van der Waals surface area (Å²) in [7, 11) is 0. The van der Waals surface area contributed by atoms with Gasteiger partial charge in [0.1, 0.15) is 0 Å². The number of anilines is 1. The largest absolute Gasteiger partial charge is 0.416 e. The number of nitro groups is 2. The Morgan fingerprint density at radius 1 is 1.00 bits per heavy atom. The minimum Gasteiger partial charge on any atom is -0.360 e. The summed E-state index contributed by atoms with van der Waals surface area (Å²) < 4.78 is 38.2. The summed E-state index contributed by atoms with van der Waals surface area (Å²) in [6, 6.07) is 0.696. The van der Waals surface area contributed by atoms with E-state index in [2.05, 4.69) is 0 Å². The molecule has 0 saturated carbocycles. The number of hydrogen-bond donors (Lipinski definition) is 0. The first-order valence-corrected chi connectivity index (χ1v) is 6.01. The Labute approximate surface area is 116 Å². The minimum atomic E-state index is -4.89. The zero-order valence-corrected chi connectivity index (χ0v) is 10.6. The fraction of sp³-hybridized carbons (Fsp3) is 0.455. The third-order valence-corrected chi connectivity index (χ3v) is 3.21. The number of benzene rings is 1. The normalized spacial score (nSPS) is 15.3. The topological polar surface area (TPSA) is 89.5 Å². The van der Waals surface area contributed by atoms with E-state index in [0.29, 0.717) is 38.1 Å². The van der Waals surface area contributed by atoms with Crippen molar-refractivity contribution in [2.75, 3.05) is 18.0 Å². The first-order valence-electron chi connectivity index (χ1n) is 6.01. The molecule has 0 spiro atoms. The van der Waals surface area contributed by atoms with Gasteiger partial charge in [0.15, 0.2) is 5.69 Å². The number of halogens is 3. The molecule has 21 heavy (non-hydrogen) atoms. The summed E-state index contributed by atoms with van der Waals surface area (Å²) in [5.74, 6) is 0. The van der Waals surface area contributed by atoms with E-state index in [9.17, 15) is 33.4 Å².